The van der Waals surface area contributed by atoms with Crippen LogP contribution in [0.4, 0.5) is 0 Å². The highest BCUT2D eigenvalue weighted by Crippen LogP contribution is 2.32. The molecule has 0 atom stereocenters. The van der Waals surface area contributed by atoms with E-state index in [9.17, 15) is 13.2 Å². The number of carbonyl (C=O) groups is 1. The maximum Gasteiger partial charge on any atom is 0.262 e. The number of rotatable bonds is 2. The first-order valence-electron chi connectivity index (χ1n) is 6.53. The van der Waals surface area contributed by atoms with E-state index in [1.807, 2.05) is 0 Å². The van der Waals surface area contributed by atoms with Gasteiger partial charge in [-0.25, -0.2) is 8.42 Å². The van der Waals surface area contributed by atoms with Gasteiger partial charge in [0.25, 0.3) is 15.0 Å². The molecule has 0 saturated carbocycles. The van der Waals surface area contributed by atoms with Crippen molar-refractivity contribution in [2.75, 3.05) is 13.1 Å². The molecule has 1 saturated heterocycles. The van der Waals surface area contributed by atoms with Gasteiger partial charge in [-0.1, -0.05) is 36.0 Å². The molecule has 116 valence electrons. The molecular weight excluding hydrogens is 357 g/mol. The number of hydrogen-bond acceptors (Lipinski definition) is 3. The van der Waals surface area contributed by atoms with Crippen LogP contribution in [0.5, 0.6) is 0 Å². The first-order valence-corrected chi connectivity index (χ1v) is 9.60. The largest absolute Gasteiger partial charge is 0.339 e. The van der Waals surface area contributed by atoms with E-state index in [1.54, 1.807) is 4.90 Å². The molecule has 0 spiro atoms. The molecule has 0 aromatic heterocycles. The van der Waals surface area contributed by atoms with E-state index in [0.717, 1.165) is 31.7 Å². The van der Waals surface area contributed by atoms with Gasteiger partial charge in [0.15, 0.2) is 0 Å². The molecule has 1 fully saturated rings. The number of nitrogens with zero attached hydrogens (tertiary/aromatic N) is 1. The average molecular weight is 371 g/mol. The van der Waals surface area contributed by atoms with Gasteiger partial charge >= 0.3 is 0 Å². The normalized spacial score (nSPS) is 16.6. The zero-order valence-electron chi connectivity index (χ0n) is 11.1. The van der Waals surface area contributed by atoms with Gasteiger partial charge in [-0.2, -0.15) is 0 Å². The highest BCUT2D eigenvalue weighted by atomic mass is 35.7. The second-order valence-corrected chi connectivity index (χ2v) is 8.26. The van der Waals surface area contributed by atoms with Crippen LogP contribution in [0.15, 0.2) is 17.0 Å². The molecule has 4 nitrogen and oxygen atoms in total. The van der Waals surface area contributed by atoms with Crippen molar-refractivity contribution < 1.29 is 13.2 Å². The summed E-state index contributed by atoms with van der Waals surface area (Å²) in [6.07, 6.45) is 4.00. The quantitative estimate of drug-likeness (QED) is 0.741. The molecule has 21 heavy (non-hydrogen) atoms. The summed E-state index contributed by atoms with van der Waals surface area (Å²) >= 11 is 11.9. The van der Waals surface area contributed by atoms with Crippen LogP contribution in [0.3, 0.4) is 0 Å². The molecule has 0 N–H and O–H groups in total. The Morgan fingerprint density at radius 2 is 1.62 bits per heavy atom. The molecule has 1 aromatic rings. The second-order valence-electron chi connectivity index (χ2n) is 4.91. The van der Waals surface area contributed by atoms with E-state index >= 15 is 0 Å². The van der Waals surface area contributed by atoms with Crippen LogP contribution in [0.25, 0.3) is 0 Å². The van der Waals surface area contributed by atoms with Crippen LogP contribution < -0.4 is 0 Å². The first-order chi connectivity index (χ1) is 9.80. The SMILES string of the molecule is O=C(c1cc(Cl)cc(S(=O)(=O)Cl)c1Cl)N1CCCCCC1. The number of benzene rings is 1. The van der Waals surface area contributed by atoms with E-state index in [2.05, 4.69) is 0 Å². The van der Waals surface area contributed by atoms with Crippen molar-refractivity contribution in [3.8, 4) is 0 Å². The van der Waals surface area contributed by atoms with Crippen molar-refractivity contribution in [1.82, 2.24) is 4.90 Å². The number of likely N-dealkylation sites (tertiary alicyclic amines) is 1. The molecule has 1 aliphatic rings. The lowest BCUT2D eigenvalue weighted by Crippen LogP contribution is -2.32. The third kappa shape index (κ3) is 4.03. The molecule has 0 aliphatic carbocycles. The van der Waals surface area contributed by atoms with Crippen molar-refractivity contribution in [3.05, 3.63) is 27.7 Å². The standard InChI is InChI=1S/C13H14Cl3NO3S/c14-9-7-10(12(15)11(8-9)21(16,19)20)13(18)17-5-3-1-2-4-6-17/h7-8H,1-6H2. The number of hydrogen-bond donors (Lipinski definition) is 0. The van der Waals surface area contributed by atoms with Crippen molar-refractivity contribution in [1.29, 1.82) is 0 Å². The fourth-order valence-corrected chi connectivity index (χ4v) is 4.19. The fourth-order valence-electron chi connectivity index (χ4n) is 2.34. The minimum atomic E-state index is -4.06. The monoisotopic (exact) mass is 369 g/mol. The van der Waals surface area contributed by atoms with E-state index in [4.69, 9.17) is 33.9 Å². The van der Waals surface area contributed by atoms with Gasteiger partial charge < -0.3 is 4.90 Å². The van der Waals surface area contributed by atoms with Gasteiger partial charge in [0.05, 0.1) is 10.6 Å². The summed E-state index contributed by atoms with van der Waals surface area (Å²) in [7, 11) is 1.26. The van der Waals surface area contributed by atoms with Crippen LogP contribution >= 0.6 is 33.9 Å². The maximum atomic E-state index is 12.5. The molecule has 1 aliphatic heterocycles. The lowest BCUT2D eigenvalue weighted by atomic mass is 10.2. The van der Waals surface area contributed by atoms with Gasteiger partial charge in [0.1, 0.15) is 4.90 Å². The maximum absolute atomic E-state index is 12.5. The summed E-state index contributed by atoms with van der Waals surface area (Å²) in [5, 5.41) is -0.0690. The molecule has 1 heterocycles. The molecular formula is C13H14Cl3NO3S. The topological polar surface area (TPSA) is 54.5 Å². The molecule has 0 bridgehead atoms. The Hall–Kier alpha value is -0.490. The lowest BCUT2D eigenvalue weighted by Gasteiger charge is -2.21. The predicted octanol–water partition coefficient (Wildman–Crippen LogP) is 3.94. The first kappa shape index (κ1) is 16.9. The summed E-state index contributed by atoms with van der Waals surface area (Å²) in [6, 6.07) is 2.52. The van der Waals surface area contributed by atoms with E-state index < -0.39 is 9.05 Å². The smallest absolute Gasteiger partial charge is 0.262 e. The third-order valence-corrected chi connectivity index (χ3v) is 5.47. The van der Waals surface area contributed by atoms with Crippen molar-refractivity contribution in [2.45, 2.75) is 30.6 Å². The Bertz CT molecular complexity index is 653. The summed E-state index contributed by atoms with van der Waals surface area (Å²) < 4.78 is 23.0. The Morgan fingerprint density at radius 3 is 2.14 bits per heavy atom. The number of amides is 1. The highest BCUT2D eigenvalue weighted by Gasteiger charge is 2.25. The molecule has 2 rings (SSSR count). The van der Waals surface area contributed by atoms with Crippen LogP contribution in [0, 0.1) is 0 Å². The van der Waals surface area contributed by atoms with E-state index in [1.165, 1.54) is 6.07 Å². The minimum Gasteiger partial charge on any atom is -0.339 e. The van der Waals surface area contributed by atoms with Crippen molar-refractivity contribution in [3.63, 3.8) is 0 Å². The van der Waals surface area contributed by atoms with Gasteiger partial charge in [-0.3, -0.25) is 4.79 Å². The zero-order valence-corrected chi connectivity index (χ0v) is 14.2. The van der Waals surface area contributed by atoms with Crippen LogP contribution in [0.2, 0.25) is 10.0 Å². The molecule has 8 heteroatoms. The number of halogens is 3. The van der Waals surface area contributed by atoms with Gasteiger partial charge in [-0.05, 0) is 25.0 Å². The Balaban J connectivity index is 2.43. The van der Waals surface area contributed by atoms with E-state index in [0.29, 0.717) is 13.1 Å². The van der Waals surface area contributed by atoms with Crippen molar-refractivity contribution in [2.24, 2.45) is 0 Å². The summed E-state index contributed by atoms with van der Waals surface area (Å²) in [5.74, 6) is -0.314. The summed E-state index contributed by atoms with van der Waals surface area (Å²) in [4.78, 5) is 13.9. The fraction of sp³-hybridized carbons (Fsp3) is 0.462. The molecule has 0 unspecified atom stereocenters. The van der Waals surface area contributed by atoms with Crippen molar-refractivity contribution >= 4 is 48.8 Å². The molecule has 1 amide bonds. The van der Waals surface area contributed by atoms with Crippen LogP contribution in [-0.2, 0) is 9.05 Å². The predicted molar refractivity (Wildman–Crippen MR) is 83.9 cm³/mol. The van der Waals surface area contributed by atoms with Gasteiger partial charge in [-0.15, -0.1) is 0 Å². The molecule has 0 radical (unpaired) electrons. The Kier molecular flexibility index (Phi) is 5.41. The summed E-state index contributed by atoms with van der Waals surface area (Å²) in [5.41, 5.74) is 0.0743. The highest BCUT2D eigenvalue weighted by molar-refractivity contribution is 8.13. The van der Waals surface area contributed by atoms with Gasteiger partial charge in [0, 0.05) is 28.8 Å². The average Bonchev–Trinajstić information content (AvgIpc) is 2.68. The minimum absolute atomic E-state index is 0.0743. The van der Waals surface area contributed by atoms with Crippen LogP contribution in [0.1, 0.15) is 36.0 Å². The summed E-state index contributed by atoms with van der Waals surface area (Å²) in [6.45, 7) is 1.26. The Morgan fingerprint density at radius 1 is 1.05 bits per heavy atom. The third-order valence-electron chi connectivity index (χ3n) is 3.39. The number of carbonyl (C=O) groups excluding carboxylic acids is 1. The van der Waals surface area contributed by atoms with E-state index in [-0.39, 0.29) is 26.4 Å². The zero-order chi connectivity index (χ0) is 15.6. The van der Waals surface area contributed by atoms with Gasteiger partial charge in [0.2, 0.25) is 0 Å². The van der Waals surface area contributed by atoms with Crippen LogP contribution in [-0.4, -0.2) is 32.3 Å². The lowest BCUT2D eigenvalue weighted by molar-refractivity contribution is 0.0761. The Labute approximate surface area is 138 Å². The second kappa shape index (κ2) is 6.73. The molecule has 1 aromatic carbocycles.